The maximum Gasteiger partial charge on any atom is 0.387 e. The van der Waals surface area contributed by atoms with Crippen LogP contribution in [0.25, 0.3) is 5.57 Å². The van der Waals surface area contributed by atoms with E-state index in [0.717, 1.165) is 6.07 Å². The quantitative estimate of drug-likeness (QED) is 0.623. The topological polar surface area (TPSA) is 80.7 Å². The third kappa shape index (κ3) is 5.10. The number of alkyl halides is 2. The van der Waals surface area contributed by atoms with Crippen LogP contribution in [0.3, 0.4) is 0 Å². The molecule has 0 fully saturated rings. The maximum absolute atomic E-state index is 12.4. The zero-order valence-corrected chi connectivity index (χ0v) is 11.4. The Bertz CT molecular complexity index is 507. The lowest BCUT2D eigenvalue weighted by Gasteiger charge is -2.11. The van der Waals surface area contributed by atoms with E-state index in [1.54, 1.807) is 6.92 Å². The van der Waals surface area contributed by atoms with E-state index in [-0.39, 0.29) is 23.0 Å². The van der Waals surface area contributed by atoms with Gasteiger partial charge in [0.25, 0.3) is 0 Å². The molecule has 0 saturated carbocycles. The van der Waals surface area contributed by atoms with Gasteiger partial charge in [-0.1, -0.05) is 11.6 Å². The van der Waals surface area contributed by atoms with E-state index in [9.17, 15) is 8.78 Å². The summed E-state index contributed by atoms with van der Waals surface area (Å²) in [4.78, 5) is 7.73. The number of rotatable bonds is 6. The Morgan fingerprint density at radius 3 is 2.90 bits per heavy atom. The Morgan fingerprint density at radius 2 is 2.35 bits per heavy atom. The average molecular weight is 306 g/mol. The van der Waals surface area contributed by atoms with Crippen molar-refractivity contribution < 1.29 is 18.6 Å². The molecule has 1 rings (SSSR count). The molecule has 0 aromatic carbocycles. The molecule has 0 spiro atoms. The Labute approximate surface area is 119 Å². The smallest absolute Gasteiger partial charge is 0.387 e. The number of aliphatic imine (C=N–C) groups is 1. The van der Waals surface area contributed by atoms with Crippen molar-refractivity contribution >= 4 is 23.4 Å². The Morgan fingerprint density at radius 1 is 1.65 bits per heavy atom. The maximum atomic E-state index is 12.4. The molecule has 0 bridgehead atoms. The van der Waals surface area contributed by atoms with Crippen molar-refractivity contribution in [2.45, 2.75) is 19.6 Å². The zero-order valence-electron chi connectivity index (χ0n) is 10.6. The average Bonchev–Trinajstić information content (AvgIpc) is 2.34. The number of nitrogens with two attached hydrogens (primary N) is 1. The van der Waals surface area contributed by atoms with Crippen molar-refractivity contribution in [1.82, 2.24) is 4.98 Å². The fourth-order valence-electron chi connectivity index (χ4n) is 1.33. The second-order valence-electron chi connectivity index (χ2n) is 3.85. The predicted octanol–water partition coefficient (Wildman–Crippen LogP) is 2.09. The molecule has 0 aliphatic rings. The molecule has 1 aromatic heterocycles. The van der Waals surface area contributed by atoms with E-state index < -0.39 is 12.7 Å². The lowest BCUT2D eigenvalue weighted by Crippen LogP contribution is -2.07. The Hall–Kier alpha value is -1.73. The van der Waals surface area contributed by atoms with Crippen LogP contribution < -0.4 is 10.5 Å². The minimum absolute atomic E-state index is 0.0155. The highest BCUT2D eigenvalue weighted by atomic mass is 35.5. The Balaban J connectivity index is 3.06. The van der Waals surface area contributed by atoms with Crippen LogP contribution in [-0.4, -0.2) is 35.6 Å². The standard InChI is InChI=1S/C12H14ClF2N3O2/c1-7(19)4-17-5-8(3-16)9-6-18-11(13)2-10(9)20-12(14)15/h2-3,5-7,12,19H,4,16H2,1H3/b8-3+,17-5?. The molecule has 110 valence electrons. The number of aromatic nitrogens is 1. The van der Waals surface area contributed by atoms with Crippen molar-refractivity contribution in [3.63, 3.8) is 0 Å². The summed E-state index contributed by atoms with van der Waals surface area (Å²) in [6.07, 6.45) is 3.16. The van der Waals surface area contributed by atoms with Gasteiger partial charge in [0, 0.05) is 35.8 Å². The minimum atomic E-state index is -3.00. The van der Waals surface area contributed by atoms with Gasteiger partial charge in [0.1, 0.15) is 10.9 Å². The van der Waals surface area contributed by atoms with Gasteiger partial charge in [0.15, 0.2) is 0 Å². The van der Waals surface area contributed by atoms with E-state index >= 15 is 0 Å². The van der Waals surface area contributed by atoms with E-state index in [0.29, 0.717) is 5.57 Å². The minimum Gasteiger partial charge on any atom is -0.434 e. The summed E-state index contributed by atoms with van der Waals surface area (Å²) < 4.78 is 29.1. The van der Waals surface area contributed by atoms with Crippen LogP contribution >= 0.6 is 11.6 Å². The number of pyridine rings is 1. The number of hydrogen-bond acceptors (Lipinski definition) is 5. The number of allylic oxidation sites excluding steroid dienone is 1. The van der Waals surface area contributed by atoms with E-state index in [1.165, 1.54) is 18.6 Å². The van der Waals surface area contributed by atoms with Gasteiger partial charge >= 0.3 is 6.61 Å². The van der Waals surface area contributed by atoms with Crippen molar-refractivity contribution in [2.24, 2.45) is 10.7 Å². The number of aliphatic hydroxyl groups is 1. The van der Waals surface area contributed by atoms with Gasteiger partial charge in [0.05, 0.1) is 12.6 Å². The first-order valence-electron chi connectivity index (χ1n) is 5.64. The molecular formula is C12H14ClF2N3O2. The highest BCUT2D eigenvalue weighted by Gasteiger charge is 2.13. The number of hydrogen-bond donors (Lipinski definition) is 2. The third-order valence-corrected chi connectivity index (χ3v) is 2.35. The number of aliphatic hydroxyl groups excluding tert-OH is 1. The second-order valence-corrected chi connectivity index (χ2v) is 4.23. The summed E-state index contributed by atoms with van der Waals surface area (Å²) in [5, 5.41) is 9.12. The fourth-order valence-corrected chi connectivity index (χ4v) is 1.48. The highest BCUT2D eigenvalue weighted by molar-refractivity contribution is 6.29. The van der Waals surface area contributed by atoms with Gasteiger partial charge in [0.2, 0.25) is 0 Å². The summed E-state index contributed by atoms with van der Waals surface area (Å²) in [6.45, 7) is -1.28. The number of nitrogens with zero attached hydrogens (tertiary/aromatic N) is 2. The van der Waals surface area contributed by atoms with Gasteiger partial charge in [-0.2, -0.15) is 8.78 Å². The van der Waals surface area contributed by atoms with E-state index in [1.807, 2.05) is 0 Å². The zero-order chi connectivity index (χ0) is 15.1. The largest absolute Gasteiger partial charge is 0.434 e. The van der Waals surface area contributed by atoms with Gasteiger partial charge < -0.3 is 15.6 Å². The van der Waals surface area contributed by atoms with Crippen LogP contribution in [0.2, 0.25) is 5.15 Å². The lowest BCUT2D eigenvalue weighted by molar-refractivity contribution is -0.0500. The molecule has 1 atom stereocenters. The van der Waals surface area contributed by atoms with Crippen LogP contribution in [0.5, 0.6) is 5.75 Å². The fraction of sp³-hybridized carbons (Fsp3) is 0.333. The molecule has 0 radical (unpaired) electrons. The van der Waals surface area contributed by atoms with Crippen molar-refractivity contribution in [3.05, 3.63) is 29.2 Å². The van der Waals surface area contributed by atoms with Crippen molar-refractivity contribution in [3.8, 4) is 5.75 Å². The van der Waals surface area contributed by atoms with Crippen LogP contribution in [0, 0.1) is 0 Å². The summed E-state index contributed by atoms with van der Waals surface area (Å²) in [6, 6.07) is 1.16. The molecule has 0 aliphatic carbocycles. The molecule has 0 saturated heterocycles. The Kier molecular flexibility index (Phi) is 6.33. The second kappa shape index (κ2) is 7.76. The summed E-state index contributed by atoms with van der Waals surface area (Å²) in [7, 11) is 0. The lowest BCUT2D eigenvalue weighted by atomic mass is 10.1. The normalized spacial score (nSPS) is 14.0. The van der Waals surface area contributed by atoms with Gasteiger partial charge in [-0.15, -0.1) is 0 Å². The molecule has 20 heavy (non-hydrogen) atoms. The summed E-state index contributed by atoms with van der Waals surface area (Å²) in [5.41, 5.74) is 5.99. The van der Waals surface area contributed by atoms with Crippen molar-refractivity contribution in [1.29, 1.82) is 0 Å². The molecule has 1 unspecified atom stereocenters. The molecule has 8 heteroatoms. The molecule has 5 nitrogen and oxygen atoms in total. The first-order chi connectivity index (χ1) is 9.43. The van der Waals surface area contributed by atoms with Crippen LogP contribution in [0.1, 0.15) is 12.5 Å². The van der Waals surface area contributed by atoms with Crippen LogP contribution in [0.4, 0.5) is 8.78 Å². The SMILES string of the molecule is CC(O)CN=C/C(=C\N)c1cnc(Cl)cc1OC(F)F. The van der Waals surface area contributed by atoms with E-state index in [4.69, 9.17) is 22.4 Å². The van der Waals surface area contributed by atoms with Gasteiger partial charge in [-0.3, -0.25) is 4.99 Å². The number of ether oxygens (including phenoxy) is 1. The predicted molar refractivity (Wildman–Crippen MR) is 73.1 cm³/mol. The summed E-state index contributed by atoms with van der Waals surface area (Å²) in [5.74, 6) is -0.153. The molecule has 1 heterocycles. The molecule has 1 aromatic rings. The highest BCUT2D eigenvalue weighted by Crippen LogP contribution is 2.28. The van der Waals surface area contributed by atoms with Crippen LogP contribution in [-0.2, 0) is 0 Å². The van der Waals surface area contributed by atoms with Crippen LogP contribution in [0.15, 0.2) is 23.5 Å². The first-order valence-corrected chi connectivity index (χ1v) is 6.02. The molecule has 0 aliphatic heterocycles. The van der Waals surface area contributed by atoms with E-state index in [2.05, 4.69) is 14.7 Å². The number of halogens is 3. The van der Waals surface area contributed by atoms with Crippen molar-refractivity contribution in [2.75, 3.05) is 6.54 Å². The van der Waals surface area contributed by atoms with Gasteiger partial charge in [-0.25, -0.2) is 4.98 Å². The summed E-state index contributed by atoms with van der Waals surface area (Å²) >= 11 is 5.64. The monoisotopic (exact) mass is 305 g/mol. The first kappa shape index (κ1) is 16.3. The van der Waals surface area contributed by atoms with Gasteiger partial charge in [-0.05, 0) is 6.92 Å². The molecule has 0 amide bonds. The third-order valence-electron chi connectivity index (χ3n) is 2.14. The molecular weight excluding hydrogens is 292 g/mol. The molecule has 3 N–H and O–H groups in total.